The summed E-state index contributed by atoms with van der Waals surface area (Å²) in [6, 6.07) is 12.1. The van der Waals surface area contributed by atoms with Gasteiger partial charge in [0.25, 0.3) is 5.91 Å². The maximum absolute atomic E-state index is 13.4. The summed E-state index contributed by atoms with van der Waals surface area (Å²) in [6.45, 7) is -0.312. The summed E-state index contributed by atoms with van der Waals surface area (Å²) >= 11 is 1.32. The van der Waals surface area contributed by atoms with Gasteiger partial charge in [0.15, 0.2) is 23.3 Å². The van der Waals surface area contributed by atoms with Crippen LogP contribution < -0.4 is 10.1 Å². The molecular formula is C18H14F2N2O2S. The van der Waals surface area contributed by atoms with E-state index in [-0.39, 0.29) is 18.2 Å². The molecule has 0 radical (unpaired) electrons. The van der Waals surface area contributed by atoms with Crippen LogP contribution >= 0.6 is 11.3 Å². The molecule has 1 heterocycles. The fourth-order valence-electron chi connectivity index (χ4n) is 2.11. The van der Waals surface area contributed by atoms with Crippen LogP contribution in [0.5, 0.6) is 5.75 Å². The van der Waals surface area contributed by atoms with Crippen molar-refractivity contribution in [2.75, 3.05) is 11.9 Å². The van der Waals surface area contributed by atoms with Crippen LogP contribution in [0.2, 0.25) is 0 Å². The van der Waals surface area contributed by atoms with Gasteiger partial charge in [0.2, 0.25) is 0 Å². The minimum atomic E-state index is -0.522. The minimum absolute atomic E-state index is 0.0220. The van der Waals surface area contributed by atoms with Crippen LogP contribution in [-0.2, 0) is 11.2 Å². The Morgan fingerprint density at radius 3 is 2.64 bits per heavy atom. The van der Waals surface area contributed by atoms with Crippen molar-refractivity contribution in [3.05, 3.63) is 76.8 Å². The molecule has 1 aromatic heterocycles. The van der Waals surface area contributed by atoms with Gasteiger partial charge in [0, 0.05) is 17.5 Å². The van der Waals surface area contributed by atoms with E-state index in [0.717, 1.165) is 10.4 Å². The van der Waals surface area contributed by atoms with Crippen LogP contribution in [-0.4, -0.2) is 17.5 Å². The normalized spacial score (nSPS) is 10.5. The number of anilines is 1. The van der Waals surface area contributed by atoms with E-state index >= 15 is 0 Å². The molecule has 128 valence electrons. The third-order valence-corrected chi connectivity index (χ3v) is 4.20. The molecule has 3 aromatic rings. The van der Waals surface area contributed by atoms with Crippen LogP contribution in [0.15, 0.2) is 54.7 Å². The number of para-hydroxylation sites is 1. The maximum Gasteiger partial charge on any atom is 0.264 e. The van der Waals surface area contributed by atoms with Crippen LogP contribution in [0.4, 0.5) is 13.9 Å². The molecule has 0 aliphatic carbocycles. The molecule has 0 aliphatic heterocycles. The van der Waals surface area contributed by atoms with E-state index in [0.29, 0.717) is 11.6 Å². The molecule has 0 fully saturated rings. The van der Waals surface area contributed by atoms with Crippen molar-refractivity contribution in [1.82, 2.24) is 4.98 Å². The second-order valence-electron chi connectivity index (χ2n) is 5.20. The third kappa shape index (κ3) is 4.84. The quantitative estimate of drug-likeness (QED) is 0.722. The zero-order valence-electron chi connectivity index (χ0n) is 13.0. The number of rotatable bonds is 6. The Kier molecular flexibility index (Phi) is 5.35. The fourth-order valence-corrected chi connectivity index (χ4v) is 2.97. The molecular weight excluding hydrogens is 346 g/mol. The topological polar surface area (TPSA) is 51.2 Å². The van der Waals surface area contributed by atoms with Gasteiger partial charge in [-0.05, 0) is 29.8 Å². The van der Waals surface area contributed by atoms with Gasteiger partial charge in [-0.3, -0.25) is 10.1 Å². The van der Waals surface area contributed by atoms with Crippen molar-refractivity contribution in [1.29, 1.82) is 0 Å². The Labute approximate surface area is 147 Å². The largest absolute Gasteiger partial charge is 0.481 e. The van der Waals surface area contributed by atoms with E-state index < -0.39 is 11.7 Å². The van der Waals surface area contributed by atoms with Crippen molar-refractivity contribution < 1.29 is 18.3 Å². The van der Waals surface area contributed by atoms with Gasteiger partial charge in [-0.2, -0.15) is 0 Å². The first kappa shape index (κ1) is 17.0. The monoisotopic (exact) mass is 360 g/mol. The number of hydrogen-bond donors (Lipinski definition) is 1. The Morgan fingerprint density at radius 1 is 1.12 bits per heavy atom. The van der Waals surface area contributed by atoms with E-state index in [1.54, 1.807) is 30.5 Å². The van der Waals surface area contributed by atoms with Crippen molar-refractivity contribution >= 4 is 22.4 Å². The highest BCUT2D eigenvalue weighted by Crippen LogP contribution is 2.21. The maximum atomic E-state index is 13.4. The highest BCUT2D eigenvalue weighted by Gasteiger charge is 2.09. The molecule has 0 atom stereocenters. The number of nitrogens with zero attached hydrogens (tertiary/aromatic N) is 1. The fraction of sp³-hybridized carbons (Fsp3) is 0.111. The summed E-state index contributed by atoms with van der Waals surface area (Å²) in [5.74, 6) is -1.21. The lowest BCUT2D eigenvalue weighted by Crippen LogP contribution is -2.20. The van der Waals surface area contributed by atoms with Gasteiger partial charge < -0.3 is 4.74 Å². The van der Waals surface area contributed by atoms with E-state index in [4.69, 9.17) is 4.74 Å². The molecule has 2 aromatic carbocycles. The molecule has 7 heteroatoms. The summed E-state index contributed by atoms with van der Waals surface area (Å²) < 4.78 is 31.5. The zero-order chi connectivity index (χ0) is 17.6. The van der Waals surface area contributed by atoms with E-state index in [1.165, 1.54) is 35.6 Å². The standard InChI is InChI=1S/C18H14F2N2O2S/c19-13-7-5-12(6-8-13)9-14-10-21-18(25-14)22-17(23)11-24-16-4-2-1-3-15(16)20/h1-8,10H,9,11H2,(H,21,22,23). The van der Waals surface area contributed by atoms with Crippen molar-refractivity contribution in [2.45, 2.75) is 6.42 Å². The van der Waals surface area contributed by atoms with E-state index in [9.17, 15) is 13.6 Å². The first-order chi connectivity index (χ1) is 12.1. The predicted octanol–water partition coefficient (Wildman–Crippen LogP) is 4.03. The molecule has 1 amide bonds. The number of carbonyl (C=O) groups is 1. The Morgan fingerprint density at radius 2 is 1.88 bits per heavy atom. The molecule has 3 rings (SSSR count). The summed E-state index contributed by atoms with van der Waals surface area (Å²) in [5.41, 5.74) is 0.950. The number of aromatic nitrogens is 1. The van der Waals surface area contributed by atoms with Crippen LogP contribution in [0.3, 0.4) is 0 Å². The molecule has 1 N–H and O–H groups in total. The number of thiazole rings is 1. The molecule has 0 saturated carbocycles. The highest BCUT2D eigenvalue weighted by atomic mass is 32.1. The number of halogens is 2. The molecule has 0 bridgehead atoms. The number of carbonyl (C=O) groups excluding carboxylic acids is 1. The molecule has 0 unspecified atom stereocenters. The lowest BCUT2D eigenvalue weighted by Gasteiger charge is -2.06. The summed E-state index contributed by atoms with van der Waals surface area (Å²) in [5, 5.41) is 3.04. The number of nitrogens with one attached hydrogen (secondary N) is 1. The lowest BCUT2D eigenvalue weighted by atomic mass is 10.1. The van der Waals surface area contributed by atoms with Gasteiger partial charge in [0.05, 0.1) is 0 Å². The Bertz CT molecular complexity index is 866. The number of hydrogen-bond acceptors (Lipinski definition) is 4. The van der Waals surface area contributed by atoms with Crippen LogP contribution in [0.1, 0.15) is 10.4 Å². The van der Waals surface area contributed by atoms with Gasteiger partial charge in [-0.15, -0.1) is 11.3 Å². The van der Waals surface area contributed by atoms with Gasteiger partial charge in [-0.1, -0.05) is 24.3 Å². The summed E-state index contributed by atoms with van der Waals surface area (Å²) in [7, 11) is 0. The molecule has 25 heavy (non-hydrogen) atoms. The second-order valence-corrected chi connectivity index (χ2v) is 6.32. The highest BCUT2D eigenvalue weighted by molar-refractivity contribution is 7.15. The lowest BCUT2D eigenvalue weighted by molar-refractivity contribution is -0.118. The predicted molar refractivity (Wildman–Crippen MR) is 91.8 cm³/mol. The number of benzene rings is 2. The smallest absolute Gasteiger partial charge is 0.264 e. The molecule has 0 aliphatic rings. The average molecular weight is 360 g/mol. The first-order valence-corrected chi connectivity index (χ1v) is 8.28. The average Bonchev–Trinajstić information content (AvgIpc) is 3.03. The number of amides is 1. The zero-order valence-corrected chi connectivity index (χ0v) is 13.9. The molecule has 4 nitrogen and oxygen atoms in total. The van der Waals surface area contributed by atoms with Gasteiger partial charge in [0.1, 0.15) is 5.82 Å². The Hall–Kier alpha value is -2.80. The SMILES string of the molecule is O=C(COc1ccccc1F)Nc1ncc(Cc2ccc(F)cc2)s1. The van der Waals surface area contributed by atoms with E-state index in [1.807, 2.05) is 0 Å². The van der Waals surface area contributed by atoms with Crippen LogP contribution in [0.25, 0.3) is 0 Å². The van der Waals surface area contributed by atoms with Gasteiger partial charge >= 0.3 is 0 Å². The first-order valence-electron chi connectivity index (χ1n) is 7.46. The number of ether oxygens (including phenoxy) is 1. The summed E-state index contributed by atoms with van der Waals surface area (Å²) in [4.78, 5) is 16.9. The minimum Gasteiger partial charge on any atom is -0.481 e. The van der Waals surface area contributed by atoms with Crippen molar-refractivity contribution in [2.24, 2.45) is 0 Å². The third-order valence-electron chi connectivity index (χ3n) is 3.29. The van der Waals surface area contributed by atoms with Crippen LogP contribution in [0, 0.1) is 11.6 Å². The van der Waals surface area contributed by atoms with E-state index in [2.05, 4.69) is 10.3 Å². The van der Waals surface area contributed by atoms with Crippen molar-refractivity contribution in [3.63, 3.8) is 0 Å². The molecule has 0 spiro atoms. The van der Waals surface area contributed by atoms with Crippen molar-refractivity contribution in [3.8, 4) is 5.75 Å². The Balaban J connectivity index is 1.53. The van der Waals surface area contributed by atoms with Gasteiger partial charge in [-0.25, -0.2) is 13.8 Å². The second kappa shape index (κ2) is 7.85. The molecule has 0 saturated heterocycles. The summed E-state index contributed by atoms with van der Waals surface area (Å²) in [6.07, 6.45) is 2.25.